The summed E-state index contributed by atoms with van der Waals surface area (Å²) < 4.78 is 10.3. The van der Waals surface area contributed by atoms with Gasteiger partial charge >= 0.3 is 0 Å². The van der Waals surface area contributed by atoms with Crippen molar-refractivity contribution < 1.29 is 24.2 Å². The lowest BCUT2D eigenvalue weighted by molar-refractivity contribution is -0.310. The van der Waals surface area contributed by atoms with Crippen molar-refractivity contribution in [3.8, 4) is 11.5 Å². The van der Waals surface area contributed by atoms with Gasteiger partial charge in [0.15, 0.2) is 0 Å². The zero-order valence-electron chi connectivity index (χ0n) is 10.7. The minimum absolute atomic E-state index is 0.0529. The Hall–Kier alpha value is -2.24. The number of aliphatic carboxylic acids is 1. The van der Waals surface area contributed by atoms with Crippen LogP contribution in [0.5, 0.6) is 11.5 Å². The molecule has 0 radical (unpaired) electrons. The average molecular weight is 264 g/mol. The standard InChI is InChI=1S/C13H15NO5/c1-18-9-3-4-11(19-2)10(6-9)14-7-8(13(16)17)5-12(14)15/h3-4,6,8H,5,7H2,1-2H3,(H,16,17)/p-1/t8-/m1/s1. The van der Waals surface area contributed by atoms with Crippen molar-refractivity contribution in [2.45, 2.75) is 6.42 Å². The Labute approximate surface area is 110 Å². The van der Waals surface area contributed by atoms with Crippen LogP contribution >= 0.6 is 0 Å². The van der Waals surface area contributed by atoms with E-state index in [9.17, 15) is 14.7 Å². The van der Waals surface area contributed by atoms with Gasteiger partial charge in [-0.1, -0.05) is 0 Å². The smallest absolute Gasteiger partial charge is 0.227 e. The number of hydrogen-bond donors (Lipinski definition) is 0. The molecule has 1 atom stereocenters. The van der Waals surface area contributed by atoms with Gasteiger partial charge in [-0.15, -0.1) is 0 Å². The summed E-state index contributed by atoms with van der Waals surface area (Å²) in [6.45, 7) is 0.0880. The molecule has 0 unspecified atom stereocenters. The molecule has 0 aromatic heterocycles. The fourth-order valence-corrected chi connectivity index (χ4v) is 2.11. The molecule has 0 aliphatic carbocycles. The Morgan fingerprint density at radius 1 is 1.37 bits per heavy atom. The molecule has 1 aliphatic rings. The second kappa shape index (κ2) is 5.17. The van der Waals surface area contributed by atoms with E-state index in [0.717, 1.165) is 0 Å². The summed E-state index contributed by atoms with van der Waals surface area (Å²) in [5.41, 5.74) is 0.510. The lowest BCUT2D eigenvalue weighted by Gasteiger charge is -2.20. The van der Waals surface area contributed by atoms with Crippen LogP contribution in [0.15, 0.2) is 18.2 Å². The van der Waals surface area contributed by atoms with Gasteiger partial charge in [0.1, 0.15) is 11.5 Å². The summed E-state index contributed by atoms with van der Waals surface area (Å²) in [4.78, 5) is 24.1. The van der Waals surface area contributed by atoms with Crippen molar-refractivity contribution in [3.63, 3.8) is 0 Å². The topological polar surface area (TPSA) is 78.9 Å². The second-order valence-corrected chi connectivity index (χ2v) is 4.26. The maximum Gasteiger partial charge on any atom is 0.227 e. The predicted molar refractivity (Wildman–Crippen MR) is 65.0 cm³/mol. The average Bonchev–Trinajstić information content (AvgIpc) is 2.80. The first-order valence-electron chi connectivity index (χ1n) is 5.80. The number of carbonyl (C=O) groups is 2. The lowest BCUT2D eigenvalue weighted by atomic mass is 10.1. The fourth-order valence-electron chi connectivity index (χ4n) is 2.11. The van der Waals surface area contributed by atoms with Gasteiger partial charge in [-0.3, -0.25) is 4.79 Å². The summed E-state index contributed by atoms with van der Waals surface area (Å²) in [5.74, 6) is -1.20. The predicted octanol–water partition coefficient (Wildman–Crippen LogP) is -0.193. The van der Waals surface area contributed by atoms with Crippen LogP contribution in [0, 0.1) is 5.92 Å². The molecule has 0 saturated carbocycles. The summed E-state index contributed by atoms with van der Waals surface area (Å²) in [7, 11) is 3.00. The number of carbonyl (C=O) groups excluding carboxylic acids is 2. The first kappa shape index (κ1) is 13.2. The number of ether oxygens (including phenoxy) is 2. The number of carboxylic acids is 1. The highest BCUT2D eigenvalue weighted by Crippen LogP contribution is 2.35. The van der Waals surface area contributed by atoms with Crippen molar-refractivity contribution >= 4 is 17.6 Å². The van der Waals surface area contributed by atoms with Crippen LogP contribution in [0.3, 0.4) is 0 Å². The molecule has 1 aromatic rings. The van der Waals surface area contributed by atoms with E-state index in [1.165, 1.54) is 19.1 Å². The molecule has 0 spiro atoms. The van der Waals surface area contributed by atoms with E-state index in [0.29, 0.717) is 17.2 Å². The Balaban J connectivity index is 2.35. The van der Waals surface area contributed by atoms with Crippen molar-refractivity contribution in [2.24, 2.45) is 5.92 Å². The van der Waals surface area contributed by atoms with Gasteiger partial charge in [0.2, 0.25) is 5.91 Å². The first-order valence-corrected chi connectivity index (χ1v) is 5.80. The third-order valence-corrected chi connectivity index (χ3v) is 3.14. The molecule has 0 bridgehead atoms. The number of rotatable bonds is 4. The van der Waals surface area contributed by atoms with E-state index in [1.807, 2.05) is 0 Å². The van der Waals surface area contributed by atoms with Crippen LogP contribution in [0.4, 0.5) is 5.69 Å². The van der Waals surface area contributed by atoms with Gasteiger partial charge in [-0.05, 0) is 12.1 Å². The van der Waals surface area contributed by atoms with Gasteiger partial charge in [-0.2, -0.15) is 0 Å². The number of hydrogen-bond acceptors (Lipinski definition) is 5. The monoisotopic (exact) mass is 264 g/mol. The molecule has 1 saturated heterocycles. The highest BCUT2D eigenvalue weighted by molar-refractivity contribution is 6.00. The number of amides is 1. The molecule has 1 aromatic carbocycles. The Morgan fingerprint density at radius 3 is 2.63 bits per heavy atom. The Kier molecular flexibility index (Phi) is 3.59. The van der Waals surface area contributed by atoms with E-state index in [-0.39, 0.29) is 18.9 Å². The van der Waals surface area contributed by atoms with E-state index >= 15 is 0 Å². The molecule has 1 amide bonds. The SMILES string of the molecule is COc1ccc(OC)c(N2C[C@H](C(=O)[O-])CC2=O)c1. The number of carboxylic acid groups (broad SMARTS) is 1. The van der Waals surface area contributed by atoms with E-state index in [1.54, 1.807) is 18.2 Å². The summed E-state index contributed by atoms with van der Waals surface area (Å²) in [6, 6.07) is 5.03. The van der Waals surface area contributed by atoms with Gasteiger partial charge < -0.3 is 24.3 Å². The largest absolute Gasteiger partial charge is 0.550 e. The normalized spacial score (nSPS) is 18.5. The molecule has 102 valence electrons. The third kappa shape index (κ3) is 2.47. The quantitative estimate of drug-likeness (QED) is 0.753. The highest BCUT2D eigenvalue weighted by atomic mass is 16.5. The third-order valence-electron chi connectivity index (χ3n) is 3.14. The molecule has 6 nitrogen and oxygen atoms in total. The molecule has 1 fully saturated rings. The van der Waals surface area contributed by atoms with E-state index in [2.05, 4.69) is 0 Å². The van der Waals surface area contributed by atoms with E-state index < -0.39 is 11.9 Å². The summed E-state index contributed by atoms with van der Waals surface area (Å²) in [6.07, 6.45) is -0.0529. The van der Waals surface area contributed by atoms with Gasteiger partial charge in [0.05, 0.1) is 19.9 Å². The molecule has 19 heavy (non-hydrogen) atoms. The second-order valence-electron chi connectivity index (χ2n) is 4.26. The zero-order chi connectivity index (χ0) is 14.0. The van der Waals surface area contributed by atoms with Crippen LogP contribution in [0.2, 0.25) is 0 Å². The minimum atomic E-state index is -1.21. The lowest BCUT2D eigenvalue weighted by Crippen LogP contribution is -2.33. The Morgan fingerprint density at radius 2 is 2.11 bits per heavy atom. The number of anilines is 1. The van der Waals surface area contributed by atoms with Crippen LogP contribution < -0.4 is 19.5 Å². The molecule has 1 aliphatic heterocycles. The summed E-state index contributed by atoms with van der Waals surface area (Å²) >= 11 is 0. The van der Waals surface area contributed by atoms with Crippen LogP contribution in [-0.2, 0) is 9.59 Å². The van der Waals surface area contributed by atoms with Gasteiger partial charge in [0, 0.05) is 30.9 Å². The van der Waals surface area contributed by atoms with Crippen molar-refractivity contribution in [3.05, 3.63) is 18.2 Å². The molecule has 2 rings (SSSR count). The first-order chi connectivity index (χ1) is 9.06. The number of methoxy groups -OCH3 is 2. The van der Waals surface area contributed by atoms with Crippen molar-refractivity contribution in [1.29, 1.82) is 0 Å². The highest BCUT2D eigenvalue weighted by Gasteiger charge is 2.33. The molecule has 1 heterocycles. The van der Waals surface area contributed by atoms with Crippen molar-refractivity contribution in [1.82, 2.24) is 0 Å². The maximum atomic E-state index is 11.9. The van der Waals surface area contributed by atoms with Crippen LogP contribution in [-0.4, -0.2) is 32.6 Å². The van der Waals surface area contributed by atoms with Gasteiger partial charge in [0.25, 0.3) is 0 Å². The number of benzene rings is 1. The van der Waals surface area contributed by atoms with Gasteiger partial charge in [-0.25, -0.2) is 0 Å². The molecule has 0 N–H and O–H groups in total. The van der Waals surface area contributed by atoms with Crippen molar-refractivity contribution in [2.75, 3.05) is 25.7 Å². The minimum Gasteiger partial charge on any atom is -0.550 e. The van der Waals surface area contributed by atoms with E-state index in [4.69, 9.17) is 9.47 Å². The summed E-state index contributed by atoms with van der Waals surface area (Å²) in [5, 5.41) is 10.9. The molecular formula is C13H14NO5-. The zero-order valence-corrected chi connectivity index (χ0v) is 10.7. The molecule has 6 heteroatoms. The Bertz CT molecular complexity index is 514. The van der Waals surface area contributed by atoms with Crippen LogP contribution in [0.25, 0.3) is 0 Å². The molecular weight excluding hydrogens is 250 g/mol. The fraction of sp³-hybridized carbons (Fsp3) is 0.385. The number of nitrogens with zero attached hydrogens (tertiary/aromatic N) is 1. The maximum absolute atomic E-state index is 11.9. The van der Waals surface area contributed by atoms with Crippen LogP contribution in [0.1, 0.15) is 6.42 Å².